The number of aryl methyl sites for hydroxylation is 2. The van der Waals surface area contributed by atoms with Gasteiger partial charge in [-0.15, -0.1) is 0 Å². The lowest BCUT2D eigenvalue weighted by Crippen LogP contribution is -2.54. The number of pyridine rings is 3. The topological polar surface area (TPSA) is 33.8 Å². The summed E-state index contributed by atoms with van der Waals surface area (Å²) in [6.45, 7) is 19.9. The van der Waals surface area contributed by atoms with E-state index in [1.807, 2.05) is 12.3 Å². The first kappa shape index (κ1) is 30.9. The molecule has 48 heavy (non-hydrogen) atoms. The summed E-state index contributed by atoms with van der Waals surface area (Å²) in [5, 5.41) is 3.78. The zero-order valence-corrected chi connectivity index (χ0v) is 30.3. The number of allylic oxidation sites excluding steroid dienone is 1. The number of benzene rings is 2. The molecule has 0 amide bonds. The number of aromatic nitrogens is 3. The van der Waals surface area contributed by atoms with E-state index in [2.05, 4.69) is 128 Å². The summed E-state index contributed by atoms with van der Waals surface area (Å²) in [5.41, 5.74) is 13.7. The van der Waals surface area contributed by atoms with Crippen molar-refractivity contribution >= 4 is 35.3 Å². The molecule has 0 N–H and O–H groups in total. The van der Waals surface area contributed by atoms with Crippen LogP contribution < -0.4 is 14.3 Å². The van der Waals surface area contributed by atoms with Gasteiger partial charge < -0.3 is 4.42 Å². The molecule has 8 rings (SSSR count). The minimum absolute atomic E-state index is 0.295. The summed E-state index contributed by atoms with van der Waals surface area (Å²) < 4.78 is 11.8. The van der Waals surface area contributed by atoms with Crippen molar-refractivity contribution < 1.29 is 13.6 Å². The highest BCUT2D eigenvalue weighted by molar-refractivity contribution is 6.89. The molecule has 4 aromatic heterocycles. The van der Waals surface area contributed by atoms with Gasteiger partial charge in [-0.1, -0.05) is 77.3 Å². The largest absolute Gasteiger partial charge is 0.437 e. The zero-order chi connectivity index (χ0) is 33.3. The first-order valence-electron chi connectivity index (χ1n) is 17.8. The summed E-state index contributed by atoms with van der Waals surface area (Å²) in [6, 6.07) is 25.5. The minimum Gasteiger partial charge on any atom is -0.437 e. The number of fused-ring (bicyclic) bond motifs is 13. The molecule has 0 fully saturated rings. The van der Waals surface area contributed by atoms with Gasteiger partial charge in [0.1, 0.15) is 0 Å². The van der Waals surface area contributed by atoms with Crippen LogP contribution in [0.5, 0.6) is 0 Å². The van der Waals surface area contributed by atoms with E-state index in [-0.39, 0.29) is 0 Å². The monoisotopic (exact) mass is 649 g/mol. The third-order valence-corrected chi connectivity index (χ3v) is 13.0. The van der Waals surface area contributed by atoms with Gasteiger partial charge in [-0.05, 0) is 71.2 Å². The first-order valence-corrected chi connectivity index (χ1v) is 21.3. The van der Waals surface area contributed by atoms with Crippen LogP contribution in [0.1, 0.15) is 73.7 Å². The van der Waals surface area contributed by atoms with E-state index in [0.717, 1.165) is 48.6 Å². The van der Waals surface area contributed by atoms with Gasteiger partial charge in [0, 0.05) is 58.3 Å². The van der Waals surface area contributed by atoms with E-state index < -0.39 is 8.07 Å². The fourth-order valence-corrected chi connectivity index (χ4v) is 10.2. The van der Waals surface area contributed by atoms with E-state index in [1.54, 1.807) is 5.19 Å². The maximum atomic E-state index is 6.66. The van der Waals surface area contributed by atoms with Gasteiger partial charge in [-0.3, -0.25) is 0 Å². The summed E-state index contributed by atoms with van der Waals surface area (Å²) in [6.07, 6.45) is 10.7. The Morgan fingerprint density at radius 1 is 0.979 bits per heavy atom. The second kappa shape index (κ2) is 11.7. The Morgan fingerprint density at radius 3 is 2.60 bits per heavy atom. The fourth-order valence-electron chi connectivity index (χ4n) is 8.49. The highest BCUT2D eigenvalue weighted by atomic mass is 28.3. The summed E-state index contributed by atoms with van der Waals surface area (Å²) >= 11 is 0. The molecule has 2 aromatic carbocycles. The van der Waals surface area contributed by atoms with Crippen LogP contribution in [-0.4, -0.2) is 13.1 Å². The summed E-state index contributed by atoms with van der Waals surface area (Å²) in [7, 11) is -1.58. The van der Waals surface area contributed by atoms with Crippen LogP contribution in [0.4, 0.5) is 0 Å². The number of hydrogen-bond acceptors (Lipinski definition) is 2. The van der Waals surface area contributed by atoms with Crippen molar-refractivity contribution in [2.75, 3.05) is 0 Å². The number of furan rings is 1. The molecule has 0 saturated heterocycles. The van der Waals surface area contributed by atoms with Crippen molar-refractivity contribution in [2.24, 2.45) is 0 Å². The lowest BCUT2D eigenvalue weighted by Gasteiger charge is -2.32. The lowest BCUT2D eigenvalue weighted by molar-refractivity contribution is -0.719. The first-order chi connectivity index (χ1) is 23.1. The molecule has 0 spiro atoms. The average Bonchev–Trinajstić information content (AvgIpc) is 3.44. The van der Waals surface area contributed by atoms with E-state index in [0.29, 0.717) is 23.6 Å². The molecule has 0 bridgehead atoms. The standard InChI is InChI=1S/C43H47N3OSi/c1-8-29-23-38-33-13-10-9-12-32(33)34-17-15-30-16-18-35-36-14-11-20-44-43(36)47-42(35)41(30)39-24-31(27(2)3)19-21-45(39)25-28(4)22-37(34)46(38)26-40(29)48(5,6)7/h9-14,16,18-21,23-24,26-27,34,37H,4,8,15,17,22,25H2,1-3,5-7H3/q+2. The van der Waals surface area contributed by atoms with Crippen LogP contribution in [0.3, 0.4) is 0 Å². The Hall–Kier alpha value is -4.35. The molecule has 2 aliphatic rings. The van der Waals surface area contributed by atoms with E-state index in [9.17, 15) is 0 Å². The van der Waals surface area contributed by atoms with E-state index in [1.165, 1.54) is 50.3 Å². The second-order valence-corrected chi connectivity index (χ2v) is 20.5. The second-order valence-electron chi connectivity index (χ2n) is 15.4. The molecule has 6 heterocycles. The maximum absolute atomic E-state index is 6.66. The van der Waals surface area contributed by atoms with Crippen LogP contribution >= 0.6 is 0 Å². The SMILES string of the molecule is C=C1CC2C(CCc3ccc4c(oc5ncccc54)c3-c3cc(C(C)C)cc[n+]3C1)c1ccccc1-c1cc(CC)c([Si](C)(C)C)c[n+]12. The molecule has 5 heteroatoms. The number of hydrogen-bond donors (Lipinski definition) is 0. The quantitative estimate of drug-likeness (QED) is 0.109. The molecule has 0 radical (unpaired) electrons. The normalized spacial score (nSPS) is 17.8. The van der Waals surface area contributed by atoms with Crippen molar-refractivity contribution in [3.8, 4) is 22.5 Å². The van der Waals surface area contributed by atoms with Crippen LogP contribution in [0.25, 0.3) is 44.6 Å². The highest BCUT2D eigenvalue weighted by Gasteiger charge is 2.42. The van der Waals surface area contributed by atoms with Gasteiger partial charge in [0.25, 0.3) is 0 Å². The third kappa shape index (κ3) is 5.06. The van der Waals surface area contributed by atoms with Crippen molar-refractivity contribution in [2.45, 2.75) is 90.5 Å². The molecule has 6 aromatic rings. The molecule has 4 nitrogen and oxygen atoms in total. The van der Waals surface area contributed by atoms with Crippen molar-refractivity contribution in [1.29, 1.82) is 0 Å². The fraction of sp³-hybridized carbons (Fsp3) is 0.326. The minimum atomic E-state index is -1.58. The summed E-state index contributed by atoms with van der Waals surface area (Å²) in [4.78, 5) is 4.62. The van der Waals surface area contributed by atoms with Crippen molar-refractivity contribution in [3.05, 3.63) is 120 Å². The van der Waals surface area contributed by atoms with Gasteiger partial charge in [0.2, 0.25) is 17.1 Å². The third-order valence-electron chi connectivity index (χ3n) is 11.0. The van der Waals surface area contributed by atoms with Gasteiger partial charge in [-0.25, -0.2) is 4.98 Å². The molecule has 2 aliphatic heterocycles. The molecular weight excluding hydrogens is 603 g/mol. The van der Waals surface area contributed by atoms with Crippen LogP contribution in [0, 0.1) is 0 Å². The molecule has 2 unspecified atom stereocenters. The van der Waals surface area contributed by atoms with Crippen molar-refractivity contribution in [3.63, 3.8) is 0 Å². The van der Waals surface area contributed by atoms with Gasteiger partial charge >= 0.3 is 0 Å². The van der Waals surface area contributed by atoms with Gasteiger partial charge in [0.05, 0.1) is 13.6 Å². The Labute approximate surface area is 285 Å². The zero-order valence-electron chi connectivity index (χ0n) is 29.3. The molecular formula is C43H47N3OSi+2. The Balaban J connectivity index is 1.37. The Morgan fingerprint density at radius 2 is 1.81 bits per heavy atom. The predicted octanol–water partition coefficient (Wildman–Crippen LogP) is 9.35. The van der Waals surface area contributed by atoms with Gasteiger partial charge in [0.15, 0.2) is 30.6 Å². The number of rotatable bonds is 3. The number of nitrogens with zero attached hydrogens (tertiary/aromatic N) is 3. The molecule has 0 saturated carbocycles. The van der Waals surface area contributed by atoms with Crippen LogP contribution in [-0.2, 0) is 19.4 Å². The molecule has 242 valence electrons. The van der Waals surface area contributed by atoms with E-state index >= 15 is 0 Å². The highest BCUT2D eigenvalue weighted by Crippen LogP contribution is 2.45. The molecule has 2 atom stereocenters. The average molecular weight is 650 g/mol. The maximum Gasteiger partial charge on any atom is 0.227 e. The van der Waals surface area contributed by atoms with Crippen LogP contribution in [0.2, 0.25) is 19.6 Å². The molecule has 0 aliphatic carbocycles. The van der Waals surface area contributed by atoms with E-state index in [4.69, 9.17) is 11.0 Å². The van der Waals surface area contributed by atoms with Gasteiger partial charge in [-0.2, -0.15) is 9.13 Å². The smallest absolute Gasteiger partial charge is 0.227 e. The lowest BCUT2D eigenvalue weighted by atomic mass is 9.77. The Kier molecular flexibility index (Phi) is 7.52. The predicted molar refractivity (Wildman–Crippen MR) is 200 cm³/mol. The van der Waals surface area contributed by atoms with Crippen molar-refractivity contribution in [1.82, 2.24) is 4.98 Å². The Bertz CT molecular complexity index is 2240. The van der Waals surface area contributed by atoms with Crippen LogP contribution in [0.15, 0.2) is 102 Å². The summed E-state index contributed by atoms with van der Waals surface area (Å²) in [5.74, 6) is 0.772.